The quantitative estimate of drug-likeness (QED) is 0.109. The molecule has 1 saturated carbocycles. The zero-order valence-corrected chi connectivity index (χ0v) is 26.2. The van der Waals surface area contributed by atoms with Crippen molar-refractivity contribution in [3.63, 3.8) is 0 Å². The van der Waals surface area contributed by atoms with E-state index in [9.17, 15) is 14.7 Å². The maximum atomic E-state index is 12.3. The van der Waals surface area contributed by atoms with Crippen molar-refractivity contribution in [1.29, 1.82) is 0 Å². The molecule has 0 radical (unpaired) electrons. The highest BCUT2D eigenvalue weighted by Crippen LogP contribution is 2.26. The summed E-state index contributed by atoms with van der Waals surface area (Å²) in [5, 5.41) is 20.1. The minimum absolute atomic E-state index is 0.116. The third-order valence-corrected chi connectivity index (χ3v) is 7.84. The van der Waals surface area contributed by atoms with Crippen LogP contribution in [0.3, 0.4) is 0 Å². The first-order chi connectivity index (χ1) is 20.6. The summed E-state index contributed by atoms with van der Waals surface area (Å²) in [6, 6.07) is 24.8. The summed E-state index contributed by atoms with van der Waals surface area (Å²) < 4.78 is 0. The topological polar surface area (TPSA) is 85.2 Å². The number of nitrogens with zero attached hydrogens (tertiary/aromatic N) is 3. The number of rotatable bonds is 13. The number of aliphatic hydroxyl groups excluding tert-OH is 1. The van der Waals surface area contributed by atoms with E-state index in [1.165, 1.54) is 16.7 Å². The zero-order chi connectivity index (χ0) is 31.0. The number of carbonyl (C=O) groups excluding carboxylic acids is 2. The van der Waals surface area contributed by atoms with Gasteiger partial charge in [0.25, 0.3) is 5.91 Å². The minimum Gasteiger partial charge on any atom is -0.378 e. The van der Waals surface area contributed by atoms with Gasteiger partial charge in [-0.3, -0.25) is 14.6 Å². The van der Waals surface area contributed by atoms with Crippen LogP contribution in [-0.4, -0.2) is 52.8 Å². The summed E-state index contributed by atoms with van der Waals surface area (Å²) in [5.74, 6) is 0.430. The number of amidine groups is 1. The largest absolute Gasteiger partial charge is 0.378 e. The van der Waals surface area contributed by atoms with Gasteiger partial charge in [0.05, 0.1) is 6.54 Å². The first-order valence-corrected chi connectivity index (χ1v) is 15.3. The van der Waals surface area contributed by atoms with Crippen molar-refractivity contribution in [2.45, 2.75) is 83.9 Å². The number of benzene rings is 3. The van der Waals surface area contributed by atoms with Crippen LogP contribution in [0.15, 0.2) is 77.9 Å². The van der Waals surface area contributed by atoms with Gasteiger partial charge in [-0.25, -0.2) is 0 Å². The smallest absolute Gasteiger partial charge is 0.253 e. The number of aliphatic hydroxyl groups is 1. The number of hydrogen-bond acceptors (Lipinski definition) is 5. The fourth-order valence-corrected chi connectivity index (χ4v) is 5.04. The molecule has 2 amide bonds. The van der Waals surface area contributed by atoms with Crippen LogP contribution in [0.5, 0.6) is 0 Å². The van der Waals surface area contributed by atoms with Crippen molar-refractivity contribution in [3.05, 3.63) is 95.1 Å². The lowest BCUT2D eigenvalue weighted by atomic mass is 9.87. The van der Waals surface area contributed by atoms with Crippen molar-refractivity contribution in [2.24, 2.45) is 5.10 Å². The van der Waals surface area contributed by atoms with Gasteiger partial charge in [-0.2, -0.15) is 5.10 Å². The molecule has 4 rings (SSSR count). The molecule has 1 aliphatic rings. The highest BCUT2D eigenvalue weighted by atomic mass is 16.3. The molecule has 7 nitrogen and oxygen atoms in total. The summed E-state index contributed by atoms with van der Waals surface area (Å²) >= 11 is 0. The molecule has 1 unspecified atom stereocenters. The molecule has 7 heteroatoms. The summed E-state index contributed by atoms with van der Waals surface area (Å²) in [4.78, 5) is 25.8. The Morgan fingerprint density at radius 1 is 1.02 bits per heavy atom. The average Bonchev–Trinajstić information content (AvgIpc) is 3.81. The molecule has 0 aliphatic heterocycles. The van der Waals surface area contributed by atoms with Crippen LogP contribution in [0.2, 0.25) is 0 Å². The van der Waals surface area contributed by atoms with Crippen LogP contribution < -0.4 is 5.32 Å². The highest BCUT2D eigenvalue weighted by molar-refractivity contribution is 5.90. The molecule has 0 bridgehead atoms. The second-order valence-corrected chi connectivity index (χ2v) is 12.5. The monoisotopic (exact) mass is 582 g/mol. The Labute approximate surface area is 256 Å². The van der Waals surface area contributed by atoms with E-state index in [2.05, 4.69) is 74.6 Å². The van der Waals surface area contributed by atoms with Gasteiger partial charge in [-0.05, 0) is 77.5 Å². The number of hydrogen-bond donors (Lipinski definition) is 2. The first kappa shape index (κ1) is 32.0. The van der Waals surface area contributed by atoms with Crippen molar-refractivity contribution < 1.29 is 14.7 Å². The van der Waals surface area contributed by atoms with Crippen LogP contribution >= 0.6 is 0 Å². The van der Waals surface area contributed by atoms with Gasteiger partial charge in [0, 0.05) is 26.1 Å². The van der Waals surface area contributed by atoms with E-state index in [4.69, 9.17) is 5.10 Å². The van der Waals surface area contributed by atoms with E-state index in [0.717, 1.165) is 49.1 Å². The Morgan fingerprint density at radius 3 is 2.30 bits per heavy atom. The van der Waals surface area contributed by atoms with E-state index in [1.54, 1.807) is 11.0 Å². The molecule has 1 atom stereocenters. The van der Waals surface area contributed by atoms with Crippen molar-refractivity contribution in [3.8, 4) is 11.1 Å². The summed E-state index contributed by atoms with van der Waals surface area (Å²) in [5.41, 5.74) is 6.36. The molecule has 0 spiro atoms. The van der Waals surface area contributed by atoms with Gasteiger partial charge < -0.3 is 15.3 Å². The Bertz CT molecular complexity index is 1390. The Balaban J connectivity index is 1.35. The molecule has 3 aromatic rings. The van der Waals surface area contributed by atoms with Crippen LogP contribution in [0.4, 0.5) is 0 Å². The number of carbonyl (C=O) groups is 2. The predicted octanol–water partition coefficient (Wildman–Crippen LogP) is 6.21. The number of hydrazone groups is 1. The van der Waals surface area contributed by atoms with Gasteiger partial charge in [-0.1, -0.05) is 87.5 Å². The lowest BCUT2D eigenvalue weighted by Gasteiger charge is -2.22. The fraction of sp³-hybridized carbons (Fsp3) is 0.417. The third kappa shape index (κ3) is 9.26. The van der Waals surface area contributed by atoms with Crippen LogP contribution in [0.25, 0.3) is 11.1 Å². The van der Waals surface area contributed by atoms with Gasteiger partial charge >= 0.3 is 0 Å². The molecule has 228 valence electrons. The van der Waals surface area contributed by atoms with Gasteiger partial charge in [0.15, 0.2) is 6.10 Å². The summed E-state index contributed by atoms with van der Waals surface area (Å²) in [6.45, 7) is 9.82. The molecule has 1 aliphatic carbocycles. The second-order valence-electron chi connectivity index (χ2n) is 12.5. The molecule has 2 N–H and O–H groups in total. The minimum atomic E-state index is -1.17. The molecule has 43 heavy (non-hydrogen) atoms. The van der Waals surface area contributed by atoms with Crippen LogP contribution in [0, 0.1) is 0 Å². The fourth-order valence-electron chi connectivity index (χ4n) is 5.04. The molecule has 0 aromatic heterocycles. The first-order valence-electron chi connectivity index (χ1n) is 15.3. The Hall–Kier alpha value is -3.97. The van der Waals surface area contributed by atoms with Gasteiger partial charge in [0.1, 0.15) is 5.84 Å². The SMILES string of the molecule is CCN(C=O)/C(CCCc1ccc(-c2cccc(C(O)C(=O)NC3CC3)c2)cc1)=N\N(C)Cc1ccc(C(C)(C)C)cc1. The lowest BCUT2D eigenvalue weighted by Crippen LogP contribution is -2.31. The summed E-state index contributed by atoms with van der Waals surface area (Å²) in [7, 11) is 1.95. The van der Waals surface area contributed by atoms with Crippen molar-refractivity contribution in [2.75, 3.05) is 13.6 Å². The zero-order valence-electron chi connectivity index (χ0n) is 26.2. The van der Waals surface area contributed by atoms with Crippen LogP contribution in [0.1, 0.15) is 81.7 Å². The van der Waals surface area contributed by atoms with E-state index < -0.39 is 6.10 Å². The molecule has 0 heterocycles. The van der Waals surface area contributed by atoms with Crippen LogP contribution in [-0.2, 0) is 28.0 Å². The second kappa shape index (κ2) is 14.5. The van der Waals surface area contributed by atoms with Gasteiger partial charge in [0.2, 0.25) is 6.41 Å². The maximum Gasteiger partial charge on any atom is 0.253 e. The maximum absolute atomic E-state index is 12.3. The normalized spacial score (nSPS) is 14.2. The molecular formula is C36H46N4O3. The summed E-state index contributed by atoms with van der Waals surface area (Å²) in [6.07, 6.45) is 4.05. The predicted molar refractivity (Wildman–Crippen MR) is 173 cm³/mol. The van der Waals surface area contributed by atoms with E-state index in [-0.39, 0.29) is 17.4 Å². The van der Waals surface area contributed by atoms with E-state index >= 15 is 0 Å². The molecular weight excluding hydrogens is 536 g/mol. The van der Waals surface area contributed by atoms with Gasteiger partial charge in [-0.15, -0.1) is 0 Å². The third-order valence-electron chi connectivity index (χ3n) is 7.84. The van der Waals surface area contributed by atoms with E-state index in [1.807, 2.05) is 37.2 Å². The number of amides is 2. The van der Waals surface area contributed by atoms with E-state index in [0.29, 0.717) is 25.1 Å². The molecule has 3 aromatic carbocycles. The van der Waals surface area contributed by atoms with Crippen molar-refractivity contribution in [1.82, 2.24) is 15.2 Å². The number of nitrogens with one attached hydrogen (secondary N) is 1. The standard InChI is InChI=1S/C36H46N4O3/c1-6-40(25-41)33(38-39(5)24-27-15-19-31(20-16-27)36(2,3)4)12-7-9-26-13-17-28(18-14-26)29-10-8-11-30(23-29)34(42)35(43)37-32-21-22-32/h8,10-11,13-20,23,25,32,34,42H,6-7,9,12,21-22,24H2,1-5H3,(H,37,43)/b38-33-. The lowest BCUT2D eigenvalue weighted by molar-refractivity contribution is -0.129. The molecule has 0 saturated heterocycles. The Kier molecular flexibility index (Phi) is 10.8. The Morgan fingerprint density at radius 2 is 1.70 bits per heavy atom. The number of aryl methyl sites for hydroxylation is 1. The van der Waals surface area contributed by atoms with Crippen molar-refractivity contribution >= 4 is 18.2 Å². The highest BCUT2D eigenvalue weighted by Gasteiger charge is 2.27. The molecule has 1 fully saturated rings. The average molecular weight is 583 g/mol.